The van der Waals surface area contributed by atoms with Crippen molar-refractivity contribution in [3.05, 3.63) is 48.6 Å². The minimum absolute atomic E-state index is 0.00285. The minimum Gasteiger partial charge on any atom is -0.462 e. The van der Waals surface area contributed by atoms with Crippen LogP contribution in [0.2, 0.25) is 0 Å². The van der Waals surface area contributed by atoms with E-state index < -0.39 is 26.5 Å². The topological polar surface area (TPSA) is 108 Å². The molecule has 8 nitrogen and oxygen atoms in total. The van der Waals surface area contributed by atoms with E-state index in [1.165, 1.54) is 109 Å². The number of allylic oxidation sites excluding steroid dienone is 8. The van der Waals surface area contributed by atoms with Gasteiger partial charge in [-0.05, 0) is 58.3 Å². The predicted molar refractivity (Wildman–Crippen MR) is 249 cm³/mol. The molecule has 0 aromatic carbocycles. The number of ether oxygens (including phenoxy) is 2. The van der Waals surface area contributed by atoms with Gasteiger partial charge in [-0.25, -0.2) is 4.57 Å². The standard InChI is InChI=1S/C50H91O8P/c1-4-7-9-11-13-15-17-19-21-23-25-27-28-30-32-34-36-38-40-42-44-49(51)55-46-48(47-57-59(53,54)56-6-3)58-50(52)45-43-41-39-37-35-33-31-29-26-24-22-20-18-16-14-12-10-8-5-2/h8,10,14,16,20,22,26,29,48H,4-7,9,11-13,15,17-19,21,23-25,27-28,30-47H2,1-3H3,(H,53,54)/b10-8-,16-14-,22-20-,29-26-. The number of hydrogen-bond donors (Lipinski definition) is 1. The average molecular weight is 851 g/mol. The number of unbranched alkanes of at least 4 members (excludes halogenated alkanes) is 25. The molecule has 0 saturated heterocycles. The van der Waals surface area contributed by atoms with E-state index in [4.69, 9.17) is 18.5 Å². The Morgan fingerprint density at radius 1 is 0.475 bits per heavy atom. The Bertz CT molecular complexity index is 1100. The molecule has 9 heteroatoms. The zero-order valence-corrected chi connectivity index (χ0v) is 39.3. The number of esters is 2. The van der Waals surface area contributed by atoms with Crippen LogP contribution in [0.4, 0.5) is 0 Å². The first-order valence-electron chi connectivity index (χ1n) is 24.4. The van der Waals surface area contributed by atoms with Gasteiger partial charge in [-0.3, -0.25) is 18.6 Å². The lowest BCUT2D eigenvalue weighted by Crippen LogP contribution is -2.29. The maximum absolute atomic E-state index is 12.6. The summed E-state index contributed by atoms with van der Waals surface area (Å²) in [6.45, 7) is 5.38. The molecule has 0 aliphatic carbocycles. The third-order valence-electron chi connectivity index (χ3n) is 10.4. The predicted octanol–water partition coefficient (Wildman–Crippen LogP) is 15.7. The summed E-state index contributed by atoms with van der Waals surface area (Å²) in [6.07, 6.45) is 54.5. The van der Waals surface area contributed by atoms with Gasteiger partial charge in [-0.15, -0.1) is 0 Å². The molecule has 0 spiro atoms. The van der Waals surface area contributed by atoms with Crippen LogP contribution in [-0.4, -0.2) is 42.8 Å². The van der Waals surface area contributed by atoms with Crippen LogP contribution in [0, 0.1) is 0 Å². The largest absolute Gasteiger partial charge is 0.472 e. The molecular formula is C50H91O8P. The van der Waals surface area contributed by atoms with Crippen molar-refractivity contribution >= 4 is 19.8 Å². The Morgan fingerprint density at radius 3 is 1.31 bits per heavy atom. The first-order valence-corrected chi connectivity index (χ1v) is 25.9. The molecule has 59 heavy (non-hydrogen) atoms. The average Bonchev–Trinajstić information content (AvgIpc) is 3.22. The van der Waals surface area contributed by atoms with Gasteiger partial charge in [0.1, 0.15) is 6.61 Å². The molecule has 2 unspecified atom stereocenters. The zero-order valence-electron chi connectivity index (χ0n) is 38.4. The van der Waals surface area contributed by atoms with E-state index in [9.17, 15) is 19.0 Å². The second kappa shape index (κ2) is 45.5. The Hall–Kier alpha value is -1.99. The van der Waals surface area contributed by atoms with E-state index in [-0.39, 0.29) is 25.6 Å². The summed E-state index contributed by atoms with van der Waals surface area (Å²) in [5.41, 5.74) is 0. The first kappa shape index (κ1) is 57.0. The maximum atomic E-state index is 12.6. The van der Waals surface area contributed by atoms with Gasteiger partial charge < -0.3 is 14.4 Å². The number of hydrogen-bond acceptors (Lipinski definition) is 7. The van der Waals surface area contributed by atoms with Crippen molar-refractivity contribution in [1.82, 2.24) is 0 Å². The summed E-state index contributed by atoms with van der Waals surface area (Å²) in [4.78, 5) is 34.9. The Morgan fingerprint density at radius 2 is 0.864 bits per heavy atom. The second-order valence-electron chi connectivity index (χ2n) is 16.1. The van der Waals surface area contributed by atoms with Gasteiger partial charge in [0.15, 0.2) is 6.10 Å². The van der Waals surface area contributed by atoms with Crippen LogP contribution < -0.4 is 0 Å². The normalized spacial score (nSPS) is 13.6. The quantitative estimate of drug-likeness (QED) is 0.0279. The molecule has 0 aliphatic rings. The molecule has 344 valence electrons. The van der Waals surface area contributed by atoms with Gasteiger partial charge >= 0.3 is 19.8 Å². The Balaban J connectivity index is 4.01. The molecule has 0 fully saturated rings. The van der Waals surface area contributed by atoms with Crippen molar-refractivity contribution in [3.63, 3.8) is 0 Å². The molecule has 0 bridgehead atoms. The van der Waals surface area contributed by atoms with E-state index in [1.807, 2.05) is 0 Å². The van der Waals surface area contributed by atoms with E-state index in [0.29, 0.717) is 12.8 Å². The maximum Gasteiger partial charge on any atom is 0.472 e. The molecule has 1 N–H and O–H groups in total. The molecule has 0 aromatic heterocycles. The summed E-state index contributed by atoms with van der Waals surface area (Å²) in [5.74, 6) is -0.806. The van der Waals surface area contributed by atoms with Crippen molar-refractivity contribution < 1.29 is 37.6 Å². The number of rotatable bonds is 45. The van der Waals surface area contributed by atoms with Gasteiger partial charge in [0.25, 0.3) is 0 Å². The van der Waals surface area contributed by atoms with Crippen LogP contribution in [-0.2, 0) is 32.7 Å². The highest BCUT2D eigenvalue weighted by Crippen LogP contribution is 2.43. The minimum atomic E-state index is -4.29. The zero-order chi connectivity index (χ0) is 43.2. The third-order valence-corrected chi connectivity index (χ3v) is 11.5. The lowest BCUT2D eigenvalue weighted by molar-refractivity contribution is -0.161. The number of carbonyl (C=O) groups excluding carboxylic acids is 2. The number of phosphoric acid groups is 1. The Labute approximate surface area is 363 Å². The van der Waals surface area contributed by atoms with E-state index in [0.717, 1.165) is 83.5 Å². The summed E-state index contributed by atoms with van der Waals surface area (Å²) in [5, 5.41) is 0. The van der Waals surface area contributed by atoms with Gasteiger partial charge in [0, 0.05) is 12.8 Å². The lowest BCUT2D eigenvalue weighted by atomic mass is 10.0. The van der Waals surface area contributed by atoms with Crippen molar-refractivity contribution in [3.8, 4) is 0 Å². The first-order chi connectivity index (χ1) is 28.8. The molecule has 0 rings (SSSR count). The third kappa shape index (κ3) is 45.4. The summed E-state index contributed by atoms with van der Waals surface area (Å²) in [7, 11) is -4.29. The molecule has 0 amide bonds. The summed E-state index contributed by atoms with van der Waals surface area (Å²) in [6, 6.07) is 0. The van der Waals surface area contributed by atoms with Gasteiger partial charge in [-0.1, -0.05) is 210 Å². The fourth-order valence-electron chi connectivity index (χ4n) is 6.86. The fraction of sp³-hybridized carbons (Fsp3) is 0.800. The second-order valence-corrected chi connectivity index (χ2v) is 17.6. The highest BCUT2D eigenvalue weighted by molar-refractivity contribution is 7.47. The SMILES string of the molecule is CC/C=C\C/C=C\C/C=C\C/C=C\CCCCCCCCC(=O)OC(COC(=O)CCCCCCCCCCCCCCCCCCCCCC)COP(=O)(O)OCC. The molecular weight excluding hydrogens is 760 g/mol. The van der Waals surface area contributed by atoms with Crippen LogP contribution in [0.3, 0.4) is 0 Å². The van der Waals surface area contributed by atoms with Crippen molar-refractivity contribution in [2.24, 2.45) is 0 Å². The van der Waals surface area contributed by atoms with Crippen LogP contribution in [0.25, 0.3) is 0 Å². The van der Waals surface area contributed by atoms with E-state index in [1.54, 1.807) is 6.92 Å². The van der Waals surface area contributed by atoms with E-state index >= 15 is 0 Å². The van der Waals surface area contributed by atoms with Crippen molar-refractivity contribution in [1.29, 1.82) is 0 Å². The summed E-state index contributed by atoms with van der Waals surface area (Å²) < 4.78 is 32.8. The fourth-order valence-corrected chi connectivity index (χ4v) is 7.61. The van der Waals surface area contributed by atoms with Gasteiger partial charge in [0.2, 0.25) is 0 Å². The molecule has 2 atom stereocenters. The monoisotopic (exact) mass is 851 g/mol. The number of carbonyl (C=O) groups is 2. The number of phosphoric ester groups is 1. The van der Waals surface area contributed by atoms with Crippen LogP contribution >= 0.6 is 7.82 Å². The Kier molecular flexibility index (Phi) is 44.0. The van der Waals surface area contributed by atoms with Crippen LogP contribution in [0.1, 0.15) is 233 Å². The van der Waals surface area contributed by atoms with Crippen LogP contribution in [0.15, 0.2) is 48.6 Å². The van der Waals surface area contributed by atoms with Crippen molar-refractivity contribution in [2.45, 2.75) is 239 Å². The molecule has 0 saturated carbocycles. The molecule has 0 radical (unpaired) electrons. The van der Waals surface area contributed by atoms with Crippen molar-refractivity contribution in [2.75, 3.05) is 19.8 Å². The van der Waals surface area contributed by atoms with Gasteiger partial charge in [-0.2, -0.15) is 0 Å². The highest BCUT2D eigenvalue weighted by atomic mass is 31.2. The lowest BCUT2D eigenvalue weighted by Gasteiger charge is -2.19. The molecule has 0 aliphatic heterocycles. The van der Waals surface area contributed by atoms with Crippen LogP contribution in [0.5, 0.6) is 0 Å². The molecule has 0 aromatic rings. The molecule has 0 heterocycles. The van der Waals surface area contributed by atoms with E-state index in [2.05, 4.69) is 62.5 Å². The summed E-state index contributed by atoms with van der Waals surface area (Å²) >= 11 is 0. The highest BCUT2D eigenvalue weighted by Gasteiger charge is 2.25. The smallest absolute Gasteiger partial charge is 0.462 e. The van der Waals surface area contributed by atoms with Gasteiger partial charge in [0.05, 0.1) is 13.2 Å².